The minimum Gasteiger partial charge on any atom is -0.507 e. The van der Waals surface area contributed by atoms with E-state index in [1.165, 1.54) is 24.3 Å². The minimum absolute atomic E-state index is 0.00262. The normalized spacial score (nSPS) is 11.4. The maximum absolute atomic E-state index is 12.3. The van der Waals surface area contributed by atoms with Gasteiger partial charge in [-0.2, -0.15) is 0 Å². The van der Waals surface area contributed by atoms with Gasteiger partial charge in [-0.1, -0.05) is 29.0 Å². The Balaban J connectivity index is 2.12. The van der Waals surface area contributed by atoms with Crippen molar-refractivity contribution in [2.45, 2.75) is 0 Å². The lowest BCUT2D eigenvalue weighted by atomic mass is 10.0. The third kappa shape index (κ3) is 2.10. The molecule has 0 radical (unpaired) electrons. The molecule has 2 aromatic carbocycles. The largest absolute Gasteiger partial charge is 0.507 e. The molecule has 0 amide bonds. The van der Waals surface area contributed by atoms with Gasteiger partial charge < -0.3 is 19.0 Å². The molecule has 0 fully saturated rings. The van der Waals surface area contributed by atoms with E-state index in [9.17, 15) is 19.8 Å². The predicted octanol–water partition coefficient (Wildman–Crippen LogP) is 3.69. The summed E-state index contributed by atoms with van der Waals surface area (Å²) in [7, 11) is 0. The highest BCUT2D eigenvalue weighted by molar-refractivity contribution is 7.16. The number of benzene rings is 2. The zero-order valence-electron chi connectivity index (χ0n) is 11.7. The van der Waals surface area contributed by atoms with E-state index in [0.29, 0.717) is 4.70 Å². The standard InChI is InChI=1S/C16H7ClO6S/c17-8-3-1-2-6-13(19)12(15(20)23-14(6)8)7-4-10-11(5-9(7)18)24-16(21)22-10/h1-5,18-19H. The molecule has 4 rings (SSSR count). The van der Waals surface area contributed by atoms with E-state index in [-0.39, 0.29) is 44.2 Å². The Labute approximate surface area is 141 Å². The van der Waals surface area contributed by atoms with Crippen LogP contribution in [0, 0.1) is 0 Å². The lowest BCUT2D eigenvalue weighted by Gasteiger charge is -2.08. The summed E-state index contributed by atoms with van der Waals surface area (Å²) in [5, 5.41) is 21.1. The summed E-state index contributed by atoms with van der Waals surface area (Å²) < 4.78 is 10.6. The van der Waals surface area contributed by atoms with Crippen LogP contribution < -0.4 is 10.6 Å². The van der Waals surface area contributed by atoms with E-state index in [4.69, 9.17) is 20.4 Å². The SMILES string of the molecule is O=c1oc2cc(-c3c(O)c4cccc(Cl)c4oc3=O)c(O)cc2s1. The van der Waals surface area contributed by atoms with E-state index in [2.05, 4.69) is 0 Å². The van der Waals surface area contributed by atoms with Crippen molar-refractivity contribution in [3.8, 4) is 22.6 Å². The summed E-state index contributed by atoms with van der Waals surface area (Å²) in [6.07, 6.45) is 0. The predicted molar refractivity (Wildman–Crippen MR) is 90.2 cm³/mol. The van der Waals surface area contributed by atoms with E-state index < -0.39 is 10.6 Å². The van der Waals surface area contributed by atoms with Gasteiger partial charge in [0.05, 0.1) is 15.1 Å². The summed E-state index contributed by atoms with van der Waals surface area (Å²) in [6, 6.07) is 7.25. The Morgan fingerprint density at radius 2 is 1.88 bits per heavy atom. The van der Waals surface area contributed by atoms with E-state index in [1.807, 2.05) is 0 Å². The highest BCUT2D eigenvalue weighted by atomic mass is 35.5. The maximum Gasteiger partial charge on any atom is 0.396 e. The molecule has 0 bridgehead atoms. The van der Waals surface area contributed by atoms with Gasteiger partial charge in [0.1, 0.15) is 22.6 Å². The van der Waals surface area contributed by atoms with Crippen molar-refractivity contribution in [1.29, 1.82) is 0 Å². The molecular formula is C16H7ClO6S. The number of aromatic hydroxyl groups is 2. The summed E-state index contributed by atoms with van der Waals surface area (Å²) in [4.78, 5) is 23.1. The fourth-order valence-electron chi connectivity index (χ4n) is 2.52. The number of phenolic OH excluding ortho intramolecular Hbond substituents is 1. The molecule has 0 spiro atoms. The first-order valence-corrected chi connectivity index (χ1v) is 7.86. The Morgan fingerprint density at radius 3 is 2.67 bits per heavy atom. The zero-order chi connectivity index (χ0) is 17.0. The quantitative estimate of drug-likeness (QED) is 0.501. The van der Waals surface area contributed by atoms with Crippen molar-refractivity contribution in [1.82, 2.24) is 0 Å². The Bertz CT molecular complexity index is 1230. The first-order chi connectivity index (χ1) is 11.5. The molecule has 0 aliphatic heterocycles. The van der Waals surface area contributed by atoms with Crippen LogP contribution in [0.2, 0.25) is 5.02 Å². The summed E-state index contributed by atoms with van der Waals surface area (Å²) in [5.74, 6) is -0.667. The third-order valence-corrected chi connectivity index (χ3v) is 4.66. The smallest absolute Gasteiger partial charge is 0.396 e. The second-order valence-electron chi connectivity index (χ2n) is 5.00. The molecule has 6 nitrogen and oxygen atoms in total. The second kappa shape index (κ2) is 5.12. The number of para-hydroxylation sites is 1. The first-order valence-electron chi connectivity index (χ1n) is 6.67. The van der Waals surface area contributed by atoms with Crippen molar-refractivity contribution in [2.75, 3.05) is 0 Å². The van der Waals surface area contributed by atoms with Gasteiger partial charge in [0.25, 0.3) is 0 Å². The van der Waals surface area contributed by atoms with Crippen molar-refractivity contribution in [3.63, 3.8) is 0 Å². The van der Waals surface area contributed by atoms with E-state index in [0.717, 1.165) is 11.3 Å². The van der Waals surface area contributed by atoms with Gasteiger partial charge in [-0.3, -0.25) is 0 Å². The highest BCUT2D eigenvalue weighted by Crippen LogP contribution is 2.40. The lowest BCUT2D eigenvalue weighted by molar-refractivity contribution is 0.463. The van der Waals surface area contributed by atoms with Crippen LogP contribution in [0.3, 0.4) is 0 Å². The van der Waals surface area contributed by atoms with Crippen LogP contribution in [0.5, 0.6) is 11.5 Å². The van der Waals surface area contributed by atoms with Crippen LogP contribution in [0.15, 0.2) is 48.8 Å². The molecule has 8 heteroatoms. The van der Waals surface area contributed by atoms with Gasteiger partial charge in [-0.25, -0.2) is 9.59 Å². The molecular weight excluding hydrogens is 356 g/mol. The topological polar surface area (TPSA) is 101 Å². The molecule has 0 aliphatic carbocycles. The second-order valence-corrected chi connectivity index (χ2v) is 6.38. The minimum atomic E-state index is -0.875. The van der Waals surface area contributed by atoms with Crippen LogP contribution >= 0.6 is 22.9 Å². The van der Waals surface area contributed by atoms with Crippen molar-refractivity contribution in [2.24, 2.45) is 0 Å². The number of phenols is 1. The van der Waals surface area contributed by atoms with Crippen molar-refractivity contribution in [3.05, 3.63) is 55.5 Å². The van der Waals surface area contributed by atoms with Crippen LogP contribution in [0.4, 0.5) is 0 Å². The van der Waals surface area contributed by atoms with Gasteiger partial charge in [0.15, 0.2) is 5.58 Å². The highest BCUT2D eigenvalue weighted by Gasteiger charge is 2.21. The maximum atomic E-state index is 12.3. The number of fused-ring (bicyclic) bond motifs is 2. The number of hydrogen-bond donors (Lipinski definition) is 2. The van der Waals surface area contributed by atoms with Crippen molar-refractivity contribution < 1.29 is 19.0 Å². The monoisotopic (exact) mass is 362 g/mol. The van der Waals surface area contributed by atoms with Crippen LogP contribution in [-0.2, 0) is 0 Å². The Kier molecular flexibility index (Phi) is 3.16. The average molecular weight is 363 g/mol. The van der Waals surface area contributed by atoms with Gasteiger partial charge in [-0.05, 0) is 18.2 Å². The molecule has 0 saturated carbocycles. The van der Waals surface area contributed by atoms with E-state index in [1.54, 1.807) is 6.07 Å². The fourth-order valence-corrected chi connectivity index (χ4v) is 3.42. The zero-order valence-corrected chi connectivity index (χ0v) is 13.3. The molecule has 2 aromatic heterocycles. The summed E-state index contributed by atoms with van der Waals surface area (Å²) in [6.45, 7) is 0. The van der Waals surface area contributed by atoms with Gasteiger partial charge >= 0.3 is 10.6 Å². The number of rotatable bonds is 1. The molecule has 2 N–H and O–H groups in total. The van der Waals surface area contributed by atoms with Crippen LogP contribution in [0.1, 0.15) is 0 Å². The number of hydrogen-bond acceptors (Lipinski definition) is 7. The molecule has 0 atom stereocenters. The van der Waals surface area contributed by atoms with Gasteiger partial charge in [0, 0.05) is 11.6 Å². The third-order valence-electron chi connectivity index (χ3n) is 3.58. The molecule has 0 unspecified atom stereocenters. The molecule has 24 heavy (non-hydrogen) atoms. The molecule has 4 aromatic rings. The molecule has 0 aliphatic rings. The Hall–Kier alpha value is -2.77. The van der Waals surface area contributed by atoms with Crippen LogP contribution in [-0.4, -0.2) is 10.2 Å². The first kappa shape index (κ1) is 14.8. The van der Waals surface area contributed by atoms with Gasteiger partial charge in [0.2, 0.25) is 0 Å². The fraction of sp³-hybridized carbons (Fsp3) is 0. The molecule has 0 saturated heterocycles. The van der Waals surface area contributed by atoms with E-state index >= 15 is 0 Å². The molecule has 120 valence electrons. The Morgan fingerprint density at radius 1 is 1.08 bits per heavy atom. The van der Waals surface area contributed by atoms with Gasteiger partial charge in [-0.15, -0.1) is 0 Å². The summed E-state index contributed by atoms with van der Waals surface area (Å²) in [5.41, 5.74) is -0.869. The molecule has 2 heterocycles. The summed E-state index contributed by atoms with van der Waals surface area (Å²) >= 11 is 6.79. The average Bonchev–Trinajstić information content (AvgIpc) is 2.87. The van der Waals surface area contributed by atoms with Crippen LogP contribution in [0.25, 0.3) is 32.4 Å². The number of halogens is 1. The van der Waals surface area contributed by atoms with Crippen molar-refractivity contribution >= 4 is 44.2 Å². The lowest BCUT2D eigenvalue weighted by Crippen LogP contribution is -2.04.